The highest BCUT2D eigenvalue weighted by Crippen LogP contribution is 2.41. The van der Waals surface area contributed by atoms with Gasteiger partial charge in [0.05, 0.1) is 30.9 Å². The lowest BCUT2D eigenvalue weighted by Crippen LogP contribution is -2.27. The Morgan fingerprint density at radius 2 is 0.904 bits per heavy atom. The fourth-order valence-corrected chi connectivity index (χ4v) is 5.92. The fourth-order valence-electron chi connectivity index (χ4n) is 5.92. The molecule has 0 saturated carbocycles. The van der Waals surface area contributed by atoms with Crippen LogP contribution in [0.3, 0.4) is 0 Å². The van der Waals surface area contributed by atoms with Gasteiger partial charge in [0, 0.05) is 39.5 Å². The predicted octanol–water partition coefficient (Wildman–Crippen LogP) is 12.2. The third-order valence-electron chi connectivity index (χ3n) is 8.85. The molecule has 2 aromatic rings. The Labute approximate surface area is 309 Å². The highest BCUT2D eigenvalue weighted by Gasteiger charge is 2.35. The van der Waals surface area contributed by atoms with Crippen LogP contribution in [-0.2, 0) is 9.59 Å². The summed E-state index contributed by atoms with van der Waals surface area (Å²) in [5.41, 5.74) is 6.10. The number of carbonyl (C=O) groups excluding carboxylic acids is 3. The van der Waals surface area contributed by atoms with Gasteiger partial charge in [-0.2, -0.15) is 20.5 Å². The van der Waals surface area contributed by atoms with E-state index in [1.54, 1.807) is 43.8 Å². The monoisotopic (exact) mass is 700 g/mol. The average molecular weight is 701 g/mol. The molecule has 0 amide bonds. The second-order valence-electron chi connectivity index (χ2n) is 17.4. The first-order valence-electron chi connectivity index (χ1n) is 17.5. The van der Waals surface area contributed by atoms with E-state index in [2.05, 4.69) is 20.5 Å². The van der Waals surface area contributed by atoms with Crippen LogP contribution in [-0.4, -0.2) is 25.0 Å². The summed E-state index contributed by atoms with van der Waals surface area (Å²) < 4.78 is 5.71. The van der Waals surface area contributed by atoms with Crippen molar-refractivity contribution in [2.45, 2.75) is 83.1 Å². The van der Waals surface area contributed by atoms with Crippen LogP contribution in [0, 0.1) is 21.7 Å². The molecule has 272 valence electrons. The summed E-state index contributed by atoms with van der Waals surface area (Å²) in [4.78, 5) is 38.8. The Kier molecular flexibility index (Phi) is 11.3. The number of carbonyl (C=O) groups is 3. The van der Waals surface area contributed by atoms with Crippen LogP contribution in [0.25, 0.3) is 11.1 Å². The van der Waals surface area contributed by atoms with Gasteiger partial charge in [-0.1, -0.05) is 89.2 Å². The second kappa shape index (κ2) is 14.9. The van der Waals surface area contributed by atoms with E-state index in [1.807, 2.05) is 120 Å². The van der Waals surface area contributed by atoms with Gasteiger partial charge in [0.25, 0.3) is 0 Å². The van der Waals surface area contributed by atoms with Crippen molar-refractivity contribution >= 4 is 29.2 Å². The van der Waals surface area contributed by atoms with Gasteiger partial charge in [-0.25, -0.2) is 0 Å². The first-order valence-corrected chi connectivity index (χ1v) is 17.5. The Bertz CT molecular complexity index is 1970. The van der Waals surface area contributed by atoms with Crippen molar-refractivity contribution in [2.24, 2.45) is 42.1 Å². The van der Waals surface area contributed by atoms with Crippen molar-refractivity contribution in [1.82, 2.24) is 0 Å². The molecule has 2 aliphatic rings. The zero-order valence-corrected chi connectivity index (χ0v) is 32.9. The minimum Gasteiger partial charge on any atom is -0.496 e. The van der Waals surface area contributed by atoms with Gasteiger partial charge in [-0.15, -0.1) is 0 Å². The number of nitrogens with zero attached hydrogens (tertiary/aromatic N) is 4. The lowest BCUT2D eigenvalue weighted by molar-refractivity contribution is -0.114. The summed E-state index contributed by atoms with van der Waals surface area (Å²) in [5, 5.41) is 17.4. The average Bonchev–Trinajstić information content (AvgIpc) is 3.03. The van der Waals surface area contributed by atoms with Crippen LogP contribution in [0.5, 0.6) is 5.75 Å². The summed E-state index contributed by atoms with van der Waals surface area (Å²) in [6.45, 7) is 24.3. The van der Waals surface area contributed by atoms with Crippen molar-refractivity contribution < 1.29 is 19.1 Å². The second-order valence-corrected chi connectivity index (χ2v) is 17.4. The number of benzene rings is 2. The maximum Gasteiger partial charge on any atom is 0.186 e. The van der Waals surface area contributed by atoms with Crippen molar-refractivity contribution in [1.29, 1.82) is 0 Å². The number of allylic oxidation sites excluding steroid dienone is 10. The molecule has 0 fully saturated rings. The molecule has 0 unspecified atom stereocenters. The number of methoxy groups -OCH3 is 1. The Morgan fingerprint density at radius 3 is 1.25 bits per heavy atom. The first kappa shape index (κ1) is 39.7. The van der Waals surface area contributed by atoms with Crippen molar-refractivity contribution in [2.75, 3.05) is 7.11 Å². The smallest absolute Gasteiger partial charge is 0.186 e. The third kappa shape index (κ3) is 9.21. The molecule has 0 aliphatic heterocycles. The summed E-state index contributed by atoms with van der Waals surface area (Å²) in [7, 11) is 1.56. The van der Waals surface area contributed by atoms with Crippen molar-refractivity contribution in [3.8, 4) is 16.9 Å². The summed E-state index contributed by atoms with van der Waals surface area (Å²) in [6.07, 6.45) is 11.6. The number of hydrogen-bond acceptors (Lipinski definition) is 8. The van der Waals surface area contributed by atoms with Crippen LogP contribution in [0.15, 0.2) is 127 Å². The standard InChI is InChI=1S/C44H52N4O4/c1-41(2,3)34-18-27(19-35(39(34)50)42(4,5)6)24-45-47-30-14-16-32(29(22-30)26-49)33-17-15-31(23-38(33)52-13)48-46-25-28-20-36(43(7,8)9)40(51)37(21-28)44(10,11)12/h14-26H,1-13H3/b47-45+,48-46+. The molecule has 0 saturated heterocycles. The molecule has 0 bridgehead atoms. The van der Waals surface area contributed by atoms with Gasteiger partial charge in [0.2, 0.25) is 0 Å². The van der Waals surface area contributed by atoms with Crippen LogP contribution in [0.2, 0.25) is 0 Å². The predicted molar refractivity (Wildman–Crippen MR) is 209 cm³/mol. The molecule has 0 radical (unpaired) electrons. The Balaban J connectivity index is 1.62. The number of rotatable bonds is 7. The molecular weight excluding hydrogens is 649 g/mol. The molecule has 0 spiro atoms. The molecule has 0 N–H and O–H groups in total. The van der Waals surface area contributed by atoms with Crippen molar-refractivity contribution in [3.05, 3.63) is 112 Å². The molecule has 8 nitrogen and oxygen atoms in total. The van der Waals surface area contributed by atoms with Gasteiger partial charge < -0.3 is 4.74 Å². The molecular formula is C44H52N4O4. The van der Waals surface area contributed by atoms with Crippen LogP contribution in [0.4, 0.5) is 11.4 Å². The van der Waals surface area contributed by atoms with Crippen LogP contribution < -0.4 is 4.74 Å². The van der Waals surface area contributed by atoms with E-state index in [1.165, 1.54) is 0 Å². The molecule has 2 aliphatic carbocycles. The highest BCUT2D eigenvalue weighted by molar-refractivity contribution is 6.12. The SMILES string of the molecule is COc1cc(/N=N/C=C2C=C(C(C)(C)C)C(=O)C(C(C)(C)C)=C2)ccc1-c1ccc(/N=N/C=C2C=C(C(C)(C)C)C(=O)C(C(C)(C)C)=C2)cc1C=O. The molecule has 0 heterocycles. The van der Waals surface area contributed by atoms with Crippen LogP contribution in [0.1, 0.15) is 93.4 Å². The maximum atomic E-state index is 13.3. The minimum absolute atomic E-state index is 0.0570. The van der Waals surface area contributed by atoms with Gasteiger partial charge in [0.15, 0.2) is 17.9 Å². The normalized spacial score (nSPS) is 16.2. The Morgan fingerprint density at radius 1 is 0.538 bits per heavy atom. The molecule has 8 heteroatoms. The van der Waals surface area contributed by atoms with Gasteiger partial charge >= 0.3 is 0 Å². The summed E-state index contributed by atoms with van der Waals surface area (Å²) in [6, 6.07) is 10.7. The third-order valence-corrected chi connectivity index (χ3v) is 8.85. The number of aldehydes is 1. The number of azo groups is 2. The first-order chi connectivity index (χ1) is 24.0. The largest absolute Gasteiger partial charge is 0.496 e. The number of ether oxygens (including phenoxy) is 1. The minimum atomic E-state index is -0.327. The topological polar surface area (TPSA) is 110 Å². The molecule has 0 atom stereocenters. The zero-order valence-electron chi connectivity index (χ0n) is 32.9. The lowest BCUT2D eigenvalue weighted by Gasteiger charge is -2.31. The number of ketones is 2. The summed E-state index contributed by atoms with van der Waals surface area (Å²) >= 11 is 0. The fraction of sp³-hybridized carbons (Fsp3) is 0.386. The molecule has 52 heavy (non-hydrogen) atoms. The van der Waals surface area contributed by atoms with Gasteiger partial charge in [0.1, 0.15) is 5.75 Å². The maximum absolute atomic E-state index is 13.3. The highest BCUT2D eigenvalue weighted by atomic mass is 16.5. The van der Waals surface area contributed by atoms with E-state index in [0.717, 1.165) is 39.7 Å². The number of Topliss-reactive ketones (excluding diaryl/α,β-unsaturated/α-hetero) is 2. The number of hydrogen-bond donors (Lipinski definition) is 0. The Hall–Kier alpha value is -5.11. The summed E-state index contributed by atoms with van der Waals surface area (Å²) in [5.74, 6) is 0.644. The molecule has 0 aromatic heterocycles. The van der Waals surface area contributed by atoms with E-state index in [4.69, 9.17) is 4.74 Å². The quantitative estimate of drug-likeness (QED) is 0.211. The van der Waals surface area contributed by atoms with E-state index in [-0.39, 0.29) is 33.2 Å². The molecule has 4 rings (SSSR count). The lowest BCUT2D eigenvalue weighted by atomic mass is 9.72. The zero-order chi connectivity index (χ0) is 38.8. The van der Waals surface area contributed by atoms with Crippen LogP contribution >= 0.6 is 0 Å². The van der Waals surface area contributed by atoms with E-state index >= 15 is 0 Å². The molecule has 2 aromatic carbocycles. The van der Waals surface area contributed by atoms with E-state index < -0.39 is 0 Å². The van der Waals surface area contributed by atoms with E-state index in [0.29, 0.717) is 33.8 Å². The van der Waals surface area contributed by atoms with Crippen molar-refractivity contribution in [3.63, 3.8) is 0 Å². The van der Waals surface area contributed by atoms with Gasteiger partial charge in [-0.05, 0) is 86.9 Å². The van der Waals surface area contributed by atoms with Gasteiger partial charge in [-0.3, -0.25) is 14.4 Å². The van der Waals surface area contributed by atoms with E-state index in [9.17, 15) is 14.4 Å².